The first-order valence-corrected chi connectivity index (χ1v) is 4.44. The van der Waals surface area contributed by atoms with Gasteiger partial charge in [0.05, 0.1) is 0 Å². The fraction of sp³-hybridized carbons (Fsp3) is 0.222. The Kier molecular flexibility index (Phi) is 3.39. The number of hydrogen-bond acceptors (Lipinski definition) is 1. The average molecular weight is 216 g/mol. The van der Waals surface area contributed by atoms with Gasteiger partial charge in [-0.15, -0.1) is 0 Å². The second-order valence-corrected chi connectivity index (χ2v) is 3.29. The van der Waals surface area contributed by atoms with Gasteiger partial charge in [-0.3, -0.25) is 4.79 Å². The number of amides is 1. The third-order valence-electron chi connectivity index (χ3n) is 1.81. The van der Waals surface area contributed by atoms with Crippen molar-refractivity contribution in [2.75, 3.05) is 6.44 Å². The maximum absolute atomic E-state index is 11.8. The summed E-state index contributed by atoms with van der Waals surface area (Å²) in [5.41, 5.74) is 1.19. The molecule has 1 rings (SSSR count). The Bertz CT molecular complexity index is 347. The van der Waals surface area contributed by atoms with E-state index in [1.807, 2.05) is 12.2 Å². The Morgan fingerprint density at radius 2 is 1.80 bits per heavy atom. The smallest absolute Gasteiger partial charge is 0.448 e. The predicted molar refractivity (Wildman–Crippen MR) is 52.6 cm³/mol. The van der Waals surface area contributed by atoms with Crippen LogP contribution in [0, 0.1) is 6.92 Å². The van der Waals surface area contributed by atoms with E-state index in [0.717, 1.165) is 5.56 Å². The highest BCUT2D eigenvalue weighted by Crippen LogP contribution is 2.07. The summed E-state index contributed by atoms with van der Waals surface area (Å²) >= 11 is 0. The van der Waals surface area contributed by atoms with Gasteiger partial charge in [-0.05, 0) is 25.5 Å². The third kappa shape index (κ3) is 4.06. The monoisotopic (exact) mass is 216 g/mol. The summed E-state index contributed by atoms with van der Waals surface area (Å²) in [5.74, 6) is -0.700. The van der Waals surface area contributed by atoms with Crippen LogP contribution in [0.5, 0.6) is 0 Å². The van der Waals surface area contributed by atoms with Crippen molar-refractivity contribution in [1.82, 2.24) is 5.32 Å². The van der Waals surface area contributed by atoms with Crippen LogP contribution in [0.2, 0.25) is 0 Å². The summed E-state index contributed by atoms with van der Waals surface area (Å²) in [5, 5.41) is 1.82. The molecule has 0 aliphatic carbocycles. The highest BCUT2D eigenvalue weighted by Gasteiger charge is 2.23. The molecular weight excluding hydrogens is 206 g/mol. The van der Waals surface area contributed by atoms with E-state index in [-0.39, 0.29) is 5.56 Å². The Hall–Kier alpha value is -1.46. The molecule has 1 aromatic rings. The van der Waals surface area contributed by atoms with Crippen molar-refractivity contribution in [3.63, 3.8) is 0 Å². The van der Waals surface area contributed by atoms with Gasteiger partial charge in [0, 0.05) is 5.56 Å². The van der Waals surface area contributed by atoms with E-state index >= 15 is 0 Å². The van der Waals surface area contributed by atoms with E-state index in [1.165, 1.54) is 12.1 Å². The molecule has 0 aromatic heterocycles. The highest BCUT2D eigenvalue weighted by molar-refractivity contribution is 6.58. The van der Waals surface area contributed by atoms with Gasteiger partial charge in [0.2, 0.25) is 5.91 Å². The van der Waals surface area contributed by atoms with Crippen molar-refractivity contribution in [2.24, 2.45) is 0 Å². The number of rotatable bonds is 3. The maximum atomic E-state index is 11.8. The Labute approximate surface area is 85.5 Å². The van der Waals surface area contributed by atoms with Gasteiger partial charge in [0.15, 0.2) is 0 Å². The first-order chi connectivity index (χ1) is 6.88. The molecule has 6 heteroatoms. The molecule has 0 fully saturated rings. The number of aryl methyl sites for hydroxylation is 1. The zero-order chi connectivity index (χ0) is 11.5. The van der Waals surface area contributed by atoms with Crippen LogP contribution in [0.1, 0.15) is 15.9 Å². The number of carbonyl (C=O) groups excluding carboxylic acids is 1. The molecule has 0 atom stereocenters. The minimum absolute atomic E-state index is 0.237. The van der Waals surface area contributed by atoms with Gasteiger partial charge in [-0.1, -0.05) is 17.7 Å². The van der Waals surface area contributed by atoms with Crippen LogP contribution < -0.4 is 5.32 Å². The van der Waals surface area contributed by atoms with Gasteiger partial charge in [0.25, 0.3) is 0 Å². The van der Waals surface area contributed by atoms with Crippen molar-refractivity contribution in [2.45, 2.75) is 6.92 Å². The maximum Gasteiger partial charge on any atom is 0.497 e. The Morgan fingerprint density at radius 3 is 2.27 bits per heavy atom. The van der Waals surface area contributed by atoms with Gasteiger partial charge < -0.3 is 18.3 Å². The minimum Gasteiger partial charge on any atom is -0.448 e. The van der Waals surface area contributed by atoms with Crippen molar-refractivity contribution >= 4 is 12.9 Å². The fourth-order valence-corrected chi connectivity index (χ4v) is 1.02. The molecule has 0 saturated heterocycles. The molecule has 2 nitrogen and oxygen atoms in total. The summed E-state index contributed by atoms with van der Waals surface area (Å²) in [6, 6.07) is 6.34. The van der Waals surface area contributed by atoms with E-state index in [2.05, 4.69) is 0 Å². The second-order valence-electron chi connectivity index (χ2n) is 3.29. The third-order valence-corrected chi connectivity index (χ3v) is 1.81. The lowest BCUT2D eigenvalue weighted by Crippen LogP contribution is -2.37. The zero-order valence-electron chi connectivity index (χ0n) is 8.14. The lowest BCUT2D eigenvalue weighted by atomic mass is 9.92. The lowest BCUT2D eigenvalue weighted by molar-refractivity contribution is 0.0956. The summed E-state index contributed by atoms with van der Waals surface area (Å²) in [4.78, 5) is 11.2. The van der Waals surface area contributed by atoms with Crippen molar-refractivity contribution in [3.8, 4) is 0 Å². The Balaban J connectivity index is 2.58. The highest BCUT2D eigenvalue weighted by atomic mass is 19.4. The minimum atomic E-state index is -4.97. The quantitative estimate of drug-likeness (QED) is 0.770. The molecule has 1 aromatic carbocycles. The molecule has 0 unspecified atom stereocenters. The average Bonchev–Trinajstić information content (AvgIpc) is 2.14. The molecule has 0 saturated carbocycles. The summed E-state index contributed by atoms with van der Waals surface area (Å²) in [6.45, 7) is -3.14. The van der Waals surface area contributed by atoms with Crippen LogP contribution in [-0.2, 0) is 0 Å². The van der Waals surface area contributed by atoms with Gasteiger partial charge >= 0.3 is 6.98 Å². The normalized spacial score (nSPS) is 11.2. The molecule has 15 heavy (non-hydrogen) atoms. The van der Waals surface area contributed by atoms with Crippen LogP contribution in [-0.4, -0.2) is 19.3 Å². The summed E-state index contributed by atoms with van der Waals surface area (Å²) < 4.78 is 35.5. The second kappa shape index (κ2) is 4.38. The molecule has 0 aliphatic rings. The zero-order valence-corrected chi connectivity index (χ0v) is 8.14. The largest absolute Gasteiger partial charge is 0.497 e. The van der Waals surface area contributed by atoms with E-state index in [0.29, 0.717) is 0 Å². The molecule has 1 amide bonds. The molecular formula is C9H10BF3NO-. The molecule has 82 valence electrons. The van der Waals surface area contributed by atoms with Crippen LogP contribution in [0.25, 0.3) is 0 Å². The lowest BCUT2D eigenvalue weighted by Gasteiger charge is -2.14. The van der Waals surface area contributed by atoms with Crippen molar-refractivity contribution in [1.29, 1.82) is 0 Å². The standard InChI is InChI=1S/C9H10BF3NO/c1-7-2-4-8(5-3-7)9(15)14-6-10(11,12)13/h2-5H,6H2,1H3,(H,14,15)/q-1. The van der Waals surface area contributed by atoms with E-state index in [4.69, 9.17) is 0 Å². The number of hydrogen-bond donors (Lipinski definition) is 1. The summed E-state index contributed by atoms with van der Waals surface area (Å²) in [7, 11) is 0. The Morgan fingerprint density at radius 1 is 1.27 bits per heavy atom. The van der Waals surface area contributed by atoms with E-state index in [9.17, 15) is 17.7 Å². The molecule has 0 bridgehead atoms. The number of halogens is 3. The van der Waals surface area contributed by atoms with Crippen LogP contribution in [0.3, 0.4) is 0 Å². The molecule has 1 N–H and O–H groups in total. The van der Waals surface area contributed by atoms with Crippen molar-refractivity contribution < 1.29 is 17.7 Å². The van der Waals surface area contributed by atoms with Gasteiger partial charge in [0.1, 0.15) is 0 Å². The van der Waals surface area contributed by atoms with E-state index in [1.54, 1.807) is 12.1 Å². The number of nitrogens with one attached hydrogen (secondary N) is 1. The van der Waals surface area contributed by atoms with Crippen LogP contribution in [0.15, 0.2) is 24.3 Å². The number of carbonyl (C=O) groups is 1. The van der Waals surface area contributed by atoms with Gasteiger partial charge in [-0.25, -0.2) is 0 Å². The SMILES string of the molecule is Cc1ccc(C(=O)NC[B-](F)(F)F)cc1. The molecule has 0 radical (unpaired) electrons. The molecule has 0 spiro atoms. The van der Waals surface area contributed by atoms with Gasteiger partial charge in [-0.2, -0.15) is 0 Å². The molecule has 0 aliphatic heterocycles. The first-order valence-electron chi connectivity index (χ1n) is 4.44. The number of benzene rings is 1. The van der Waals surface area contributed by atoms with Crippen molar-refractivity contribution in [3.05, 3.63) is 35.4 Å². The van der Waals surface area contributed by atoms with E-state index < -0.39 is 19.3 Å². The first kappa shape index (κ1) is 11.6. The van der Waals surface area contributed by atoms with Crippen LogP contribution >= 0.6 is 0 Å². The van der Waals surface area contributed by atoms with Crippen LogP contribution in [0.4, 0.5) is 12.9 Å². The fourth-order valence-electron chi connectivity index (χ4n) is 1.02. The predicted octanol–water partition coefficient (Wildman–Crippen LogP) is 2.11. The molecule has 0 heterocycles. The summed E-state index contributed by atoms with van der Waals surface area (Å²) in [6.07, 6.45) is -1.24. The topological polar surface area (TPSA) is 29.1 Å².